The second-order valence-electron chi connectivity index (χ2n) is 8.62. The number of carbonyl (C=O) groups is 2. The molecular formula is C24H32N4O3. The number of nitrogens with zero attached hydrogens (tertiary/aromatic N) is 2. The Balaban J connectivity index is 1.68. The average Bonchev–Trinajstić information content (AvgIpc) is 2.80. The first kappa shape index (κ1) is 22.8. The molecule has 1 fully saturated rings. The van der Waals surface area contributed by atoms with Gasteiger partial charge in [0.2, 0.25) is 0 Å². The minimum Gasteiger partial charge on any atom is -0.378 e. The zero-order valence-corrected chi connectivity index (χ0v) is 18.3. The highest BCUT2D eigenvalue weighted by Gasteiger charge is 2.25. The Morgan fingerprint density at radius 3 is 2.32 bits per heavy atom. The van der Waals surface area contributed by atoms with Crippen LogP contribution in [0.5, 0.6) is 0 Å². The number of ether oxygens (including phenoxy) is 1. The van der Waals surface area contributed by atoms with E-state index < -0.39 is 0 Å². The fraction of sp³-hybridized carbons (Fsp3) is 0.417. The van der Waals surface area contributed by atoms with Crippen LogP contribution in [-0.4, -0.2) is 61.1 Å². The van der Waals surface area contributed by atoms with Gasteiger partial charge < -0.3 is 25.6 Å². The summed E-state index contributed by atoms with van der Waals surface area (Å²) in [5.74, 6) is -0.0215. The quantitative estimate of drug-likeness (QED) is 0.715. The van der Waals surface area contributed by atoms with Crippen LogP contribution in [0, 0.1) is 5.41 Å². The maximum atomic E-state index is 13.1. The summed E-state index contributed by atoms with van der Waals surface area (Å²) in [6, 6.07) is 16.8. The number of amides is 3. The van der Waals surface area contributed by atoms with Crippen molar-refractivity contribution in [3.8, 4) is 0 Å². The summed E-state index contributed by atoms with van der Waals surface area (Å²) in [4.78, 5) is 29.1. The summed E-state index contributed by atoms with van der Waals surface area (Å²) in [6.07, 6.45) is 0. The highest BCUT2D eigenvalue weighted by molar-refractivity contribution is 5.94. The number of morpholine rings is 1. The first-order valence-electron chi connectivity index (χ1n) is 10.6. The third-order valence-corrected chi connectivity index (χ3v) is 5.36. The van der Waals surface area contributed by atoms with Crippen LogP contribution in [0.25, 0.3) is 0 Å². The molecule has 0 radical (unpaired) electrons. The standard InChI is InChI=1S/C24H32N4O3/c1-24(2,17-25)18-28(22(29)20-6-4-3-5-7-20)16-19-8-10-21(11-9-19)26-23(30)27-12-14-31-15-13-27/h3-11H,12-18,25H2,1-2H3,(H,26,30). The maximum absolute atomic E-state index is 13.1. The normalized spacial score (nSPS) is 14.2. The van der Waals surface area contributed by atoms with Crippen LogP contribution in [0.3, 0.4) is 0 Å². The van der Waals surface area contributed by atoms with Gasteiger partial charge in [-0.25, -0.2) is 4.79 Å². The minimum absolute atomic E-state index is 0.0215. The van der Waals surface area contributed by atoms with Gasteiger partial charge in [0.25, 0.3) is 5.91 Å². The van der Waals surface area contributed by atoms with Crippen LogP contribution in [0.4, 0.5) is 10.5 Å². The summed E-state index contributed by atoms with van der Waals surface area (Å²) in [5.41, 5.74) is 8.10. The van der Waals surface area contributed by atoms with Crippen molar-refractivity contribution >= 4 is 17.6 Å². The van der Waals surface area contributed by atoms with E-state index in [1.165, 1.54) is 0 Å². The van der Waals surface area contributed by atoms with Gasteiger partial charge in [0, 0.05) is 37.4 Å². The van der Waals surface area contributed by atoms with E-state index in [1.807, 2.05) is 59.5 Å². The van der Waals surface area contributed by atoms with Crippen molar-refractivity contribution < 1.29 is 14.3 Å². The summed E-state index contributed by atoms with van der Waals surface area (Å²) in [6.45, 7) is 7.94. The molecule has 2 aromatic carbocycles. The molecule has 1 saturated heterocycles. The second kappa shape index (κ2) is 10.4. The van der Waals surface area contributed by atoms with E-state index in [0.717, 1.165) is 11.3 Å². The topological polar surface area (TPSA) is 87.9 Å². The van der Waals surface area contributed by atoms with Gasteiger partial charge in [0.05, 0.1) is 13.2 Å². The summed E-state index contributed by atoms with van der Waals surface area (Å²) >= 11 is 0. The van der Waals surface area contributed by atoms with E-state index in [2.05, 4.69) is 19.2 Å². The van der Waals surface area contributed by atoms with E-state index in [0.29, 0.717) is 51.5 Å². The van der Waals surface area contributed by atoms with Crippen molar-refractivity contribution in [1.29, 1.82) is 0 Å². The van der Waals surface area contributed by atoms with E-state index in [-0.39, 0.29) is 17.4 Å². The Bertz CT molecular complexity index is 862. The lowest BCUT2D eigenvalue weighted by atomic mass is 9.92. The Hall–Kier alpha value is -2.90. The van der Waals surface area contributed by atoms with Crippen molar-refractivity contribution in [2.45, 2.75) is 20.4 Å². The molecule has 0 bridgehead atoms. The van der Waals surface area contributed by atoms with Gasteiger partial charge in [0.15, 0.2) is 0 Å². The van der Waals surface area contributed by atoms with Crippen LogP contribution in [0.15, 0.2) is 54.6 Å². The summed E-state index contributed by atoms with van der Waals surface area (Å²) in [7, 11) is 0. The van der Waals surface area contributed by atoms with Crippen molar-refractivity contribution in [2.75, 3.05) is 44.7 Å². The second-order valence-corrected chi connectivity index (χ2v) is 8.62. The van der Waals surface area contributed by atoms with Crippen LogP contribution >= 0.6 is 0 Å². The lowest BCUT2D eigenvalue weighted by Gasteiger charge is -2.32. The first-order chi connectivity index (χ1) is 14.9. The first-order valence-corrected chi connectivity index (χ1v) is 10.6. The number of nitrogens with two attached hydrogens (primary N) is 1. The highest BCUT2D eigenvalue weighted by Crippen LogP contribution is 2.20. The molecule has 7 heteroatoms. The molecule has 0 aromatic heterocycles. The van der Waals surface area contributed by atoms with Gasteiger partial charge >= 0.3 is 6.03 Å². The molecule has 0 aliphatic carbocycles. The Morgan fingerprint density at radius 2 is 1.71 bits per heavy atom. The molecule has 3 amide bonds. The highest BCUT2D eigenvalue weighted by atomic mass is 16.5. The molecule has 3 rings (SSSR count). The van der Waals surface area contributed by atoms with Crippen LogP contribution in [0.1, 0.15) is 29.8 Å². The summed E-state index contributed by atoms with van der Waals surface area (Å²) < 4.78 is 5.28. The Labute approximate surface area is 184 Å². The zero-order valence-electron chi connectivity index (χ0n) is 18.3. The number of hydrogen-bond donors (Lipinski definition) is 2. The van der Waals surface area contributed by atoms with Crippen LogP contribution in [0.2, 0.25) is 0 Å². The number of carbonyl (C=O) groups excluding carboxylic acids is 2. The van der Waals surface area contributed by atoms with E-state index in [1.54, 1.807) is 4.90 Å². The predicted octanol–water partition coefficient (Wildman–Crippen LogP) is 3.18. The minimum atomic E-state index is -0.198. The van der Waals surface area contributed by atoms with Gasteiger partial charge in [-0.05, 0) is 41.8 Å². The molecule has 0 atom stereocenters. The van der Waals surface area contributed by atoms with Crippen molar-refractivity contribution in [3.63, 3.8) is 0 Å². The number of hydrogen-bond acceptors (Lipinski definition) is 4. The molecule has 7 nitrogen and oxygen atoms in total. The van der Waals surface area contributed by atoms with Crippen molar-refractivity contribution in [3.05, 3.63) is 65.7 Å². The SMILES string of the molecule is CC(C)(CN)CN(Cc1ccc(NC(=O)N2CCOCC2)cc1)C(=O)c1ccccc1. The van der Waals surface area contributed by atoms with E-state index in [4.69, 9.17) is 10.5 Å². The van der Waals surface area contributed by atoms with Crippen molar-refractivity contribution in [2.24, 2.45) is 11.1 Å². The fourth-order valence-corrected chi connectivity index (χ4v) is 3.43. The zero-order chi connectivity index (χ0) is 22.3. The predicted molar refractivity (Wildman–Crippen MR) is 122 cm³/mol. The molecule has 31 heavy (non-hydrogen) atoms. The molecule has 1 heterocycles. The van der Waals surface area contributed by atoms with Crippen molar-refractivity contribution in [1.82, 2.24) is 9.80 Å². The number of urea groups is 1. The molecule has 3 N–H and O–H groups in total. The van der Waals surface area contributed by atoms with Gasteiger partial charge in [-0.2, -0.15) is 0 Å². The number of rotatable bonds is 7. The van der Waals surface area contributed by atoms with Crippen LogP contribution in [-0.2, 0) is 11.3 Å². The van der Waals surface area contributed by atoms with Gasteiger partial charge in [-0.3, -0.25) is 4.79 Å². The maximum Gasteiger partial charge on any atom is 0.321 e. The monoisotopic (exact) mass is 424 g/mol. The molecule has 2 aromatic rings. The lowest BCUT2D eigenvalue weighted by Crippen LogP contribution is -2.43. The average molecular weight is 425 g/mol. The number of nitrogens with one attached hydrogen (secondary N) is 1. The summed E-state index contributed by atoms with van der Waals surface area (Å²) in [5, 5.41) is 2.92. The number of anilines is 1. The molecule has 0 unspecified atom stereocenters. The van der Waals surface area contributed by atoms with Gasteiger partial charge in [-0.15, -0.1) is 0 Å². The Morgan fingerprint density at radius 1 is 1.06 bits per heavy atom. The number of benzene rings is 2. The molecule has 0 saturated carbocycles. The molecule has 1 aliphatic heterocycles. The fourth-order valence-electron chi connectivity index (χ4n) is 3.43. The molecule has 0 spiro atoms. The van der Waals surface area contributed by atoms with Crippen LogP contribution < -0.4 is 11.1 Å². The Kier molecular flexibility index (Phi) is 7.65. The van der Waals surface area contributed by atoms with Gasteiger partial charge in [-0.1, -0.05) is 44.2 Å². The largest absolute Gasteiger partial charge is 0.378 e. The lowest BCUT2D eigenvalue weighted by molar-refractivity contribution is 0.0564. The van der Waals surface area contributed by atoms with E-state index in [9.17, 15) is 9.59 Å². The molecule has 1 aliphatic rings. The third kappa shape index (κ3) is 6.54. The smallest absolute Gasteiger partial charge is 0.321 e. The molecular weight excluding hydrogens is 392 g/mol. The third-order valence-electron chi connectivity index (χ3n) is 5.36. The van der Waals surface area contributed by atoms with E-state index >= 15 is 0 Å². The van der Waals surface area contributed by atoms with Gasteiger partial charge in [0.1, 0.15) is 0 Å². The molecule has 166 valence electrons.